The largest absolute Gasteiger partial charge is 0.475 e. The van der Waals surface area contributed by atoms with Crippen LogP contribution in [0.1, 0.15) is 43.4 Å². The number of allylic oxidation sites excluding steroid dienone is 1. The number of piperidine rings is 1. The lowest BCUT2D eigenvalue weighted by atomic mass is 9.86. The quantitative estimate of drug-likeness (QED) is 0.517. The van der Waals surface area contributed by atoms with Crippen LogP contribution in [0.4, 0.5) is 0 Å². The van der Waals surface area contributed by atoms with Crippen LogP contribution in [0.2, 0.25) is 0 Å². The second-order valence-corrected chi connectivity index (χ2v) is 7.56. The van der Waals surface area contributed by atoms with Crippen molar-refractivity contribution in [1.29, 1.82) is 0 Å². The molecule has 0 amide bonds. The molecule has 3 atom stereocenters. The Labute approximate surface area is 161 Å². The van der Waals surface area contributed by atoms with Gasteiger partial charge in [0.05, 0.1) is 6.04 Å². The SMILES string of the molecule is C/C=C\[C@@H]1CCC[C@@H]2Oc3ccc4ccccc4c3[C@@H](c3ccccc3)N12. The number of ether oxygens (including phenoxy) is 1. The molecule has 5 rings (SSSR count). The maximum absolute atomic E-state index is 6.56. The predicted octanol–water partition coefficient (Wildman–Crippen LogP) is 6.08. The normalized spacial score (nSPS) is 25.1. The van der Waals surface area contributed by atoms with Crippen molar-refractivity contribution in [3.63, 3.8) is 0 Å². The summed E-state index contributed by atoms with van der Waals surface area (Å²) < 4.78 is 6.56. The molecule has 136 valence electrons. The van der Waals surface area contributed by atoms with Crippen LogP contribution in [0, 0.1) is 0 Å². The van der Waals surface area contributed by atoms with Crippen LogP contribution in [-0.4, -0.2) is 17.2 Å². The van der Waals surface area contributed by atoms with Gasteiger partial charge in [0.15, 0.2) is 6.23 Å². The highest BCUT2D eigenvalue weighted by Gasteiger charge is 2.42. The van der Waals surface area contributed by atoms with Crippen molar-refractivity contribution in [2.45, 2.75) is 44.5 Å². The first-order chi connectivity index (χ1) is 13.4. The van der Waals surface area contributed by atoms with Gasteiger partial charge in [-0.3, -0.25) is 4.90 Å². The van der Waals surface area contributed by atoms with E-state index < -0.39 is 0 Å². The maximum Gasteiger partial charge on any atom is 0.153 e. The molecule has 1 saturated heterocycles. The number of hydrogen-bond acceptors (Lipinski definition) is 2. The predicted molar refractivity (Wildman–Crippen MR) is 111 cm³/mol. The van der Waals surface area contributed by atoms with Crippen LogP contribution in [0.3, 0.4) is 0 Å². The molecule has 27 heavy (non-hydrogen) atoms. The van der Waals surface area contributed by atoms with Gasteiger partial charge in [0.25, 0.3) is 0 Å². The van der Waals surface area contributed by atoms with Crippen LogP contribution >= 0.6 is 0 Å². The Hall–Kier alpha value is -2.58. The zero-order chi connectivity index (χ0) is 18.2. The number of benzene rings is 3. The summed E-state index contributed by atoms with van der Waals surface area (Å²) >= 11 is 0. The molecule has 0 unspecified atom stereocenters. The maximum atomic E-state index is 6.56. The third kappa shape index (κ3) is 2.76. The van der Waals surface area contributed by atoms with Crippen LogP contribution in [-0.2, 0) is 0 Å². The van der Waals surface area contributed by atoms with Gasteiger partial charge >= 0.3 is 0 Å². The van der Waals surface area contributed by atoms with E-state index in [9.17, 15) is 0 Å². The molecule has 3 aromatic carbocycles. The minimum atomic E-state index is 0.138. The summed E-state index contributed by atoms with van der Waals surface area (Å²) in [5.41, 5.74) is 2.66. The molecule has 3 aromatic rings. The second kappa shape index (κ2) is 6.86. The van der Waals surface area contributed by atoms with E-state index in [0.717, 1.165) is 12.2 Å². The van der Waals surface area contributed by atoms with Crippen LogP contribution in [0.15, 0.2) is 78.9 Å². The second-order valence-electron chi connectivity index (χ2n) is 7.56. The van der Waals surface area contributed by atoms with E-state index in [1.54, 1.807) is 0 Å². The van der Waals surface area contributed by atoms with Gasteiger partial charge in [-0.15, -0.1) is 0 Å². The van der Waals surface area contributed by atoms with Crippen molar-refractivity contribution < 1.29 is 4.74 Å². The molecule has 0 radical (unpaired) electrons. The Balaban J connectivity index is 1.77. The molecular weight excluding hydrogens is 330 g/mol. The Bertz CT molecular complexity index is 978. The summed E-state index contributed by atoms with van der Waals surface area (Å²) in [6.07, 6.45) is 8.16. The van der Waals surface area contributed by atoms with Gasteiger partial charge in [-0.2, -0.15) is 0 Å². The summed E-state index contributed by atoms with van der Waals surface area (Å²) in [7, 11) is 0. The molecule has 0 aliphatic carbocycles. The molecule has 2 heteroatoms. The molecule has 0 saturated carbocycles. The Morgan fingerprint density at radius 1 is 0.926 bits per heavy atom. The van der Waals surface area contributed by atoms with E-state index in [4.69, 9.17) is 4.74 Å². The van der Waals surface area contributed by atoms with E-state index in [0.29, 0.717) is 6.04 Å². The molecule has 2 heterocycles. The van der Waals surface area contributed by atoms with Crippen molar-refractivity contribution in [2.75, 3.05) is 0 Å². The average Bonchev–Trinajstić information content (AvgIpc) is 2.73. The van der Waals surface area contributed by atoms with E-state index in [-0.39, 0.29) is 12.3 Å². The molecule has 1 fully saturated rings. The highest BCUT2D eigenvalue weighted by atomic mass is 16.5. The van der Waals surface area contributed by atoms with Gasteiger partial charge in [0.2, 0.25) is 0 Å². The molecular formula is C25H25NO. The van der Waals surface area contributed by atoms with Crippen LogP contribution < -0.4 is 4.74 Å². The molecule has 2 nitrogen and oxygen atoms in total. The molecule has 0 bridgehead atoms. The van der Waals surface area contributed by atoms with E-state index in [2.05, 4.69) is 90.7 Å². The van der Waals surface area contributed by atoms with Gasteiger partial charge in [0, 0.05) is 11.6 Å². The number of fused-ring (bicyclic) bond motifs is 4. The molecule has 0 aromatic heterocycles. The summed E-state index contributed by atoms with van der Waals surface area (Å²) in [4.78, 5) is 2.60. The number of nitrogens with zero attached hydrogens (tertiary/aromatic N) is 1. The topological polar surface area (TPSA) is 12.5 Å². The molecule has 2 aliphatic rings. The fourth-order valence-corrected chi connectivity index (χ4v) is 4.84. The third-order valence-electron chi connectivity index (χ3n) is 5.96. The van der Waals surface area contributed by atoms with Gasteiger partial charge in [-0.25, -0.2) is 0 Å². The van der Waals surface area contributed by atoms with E-state index in [1.165, 1.54) is 34.7 Å². The summed E-state index contributed by atoms with van der Waals surface area (Å²) in [5, 5.41) is 2.57. The van der Waals surface area contributed by atoms with Gasteiger partial charge < -0.3 is 4.74 Å². The van der Waals surface area contributed by atoms with Gasteiger partial charge in [-0.1, -0.05) is 72.8 Å². The zero-order valence-electron chi connectivity index (χ0n) is 15.7. The smallest absolute Gasteiger partial charge is 0.153 e. The highest BCUT2D eigenvalue weighted by Crippen LogP contribution is 2.48. The van der Waals surface area contributed by atoms with Crippen molar-refractivity contribution in [1.82, 2.24) is 4.90 Å². The van der Waals surface area contributed by atoms with E-state index >= 15 is 0 Å². The lowest BCUT2D eigenvalue weighted by molar-refractivity contribution is -0.0619. The Kier molecular flexibility index (Phi) is 4.21. The monoisotopic (exact) mass is 355 g/mol. The van der Waals surface area contributed by atoms with E-state index in [1.807, 2.05) is 0 Å². The highest BCUT2D eigenvalue weighted by molar-refractivity contribution is 5.89. The Morgan fingerprint density at radius 3 is 2.59 bits per heavy atom. The minimum Gasteiger partial charge on any atom is -0.475 e. The number of hydrogen-bond donors (Lipinski definition) is 0. The standard InChI is InChI=1S/C25H25NO/c1-2-9-20-13-8-15-23-26(20)25(19-11-4-3-5-12-19)24-21-14-7-6-10-18(21)16-17-22(24)27-23/h2-7,9-12,14,16-17,20,23,25H,8,13,15H2,1H3/b9-2-/t20-,23+,25-/m1/s1. The fourth-order valence-electron chi connectivity index (χ4n) is 4.84. The fraction of sp³-hybridized carbons (Fsp3) is 0.280. The third-order valence-corrected chi connectivity index (χ3v) is 5.96. The van der Waals surface area contributed by atoms with Crippen molar-refractivity contribution >= 4 is 10.8 Å². The van der Waals surface area contributed by atoms with Crippen LogP contribution in [0.25, 0.3) is 10.8 Å². The minimum absolute atomic E-state index is 0.138. The first kappa shape index (κ1) is 16.6. The van der Waals surface area contributed by atoms with Gasteiger partial charge in [0.1, 0.15) is 5.75 Å². The Morgan fingerprint density at radius 2 is 1.74 bits per heavy atom. The zero-order valence-corrected chi connectivity index (χ0v) is 15.7. The molecule has 0 spiro atoms. The lowest BCUT2D eigenvalue weighted by Crippen LogP contribution is -2.53. The van der Waals surface area contributed by atoms with Gasteiger partial charge in [-0.05, 0) is 48.6 Å². The van der Waals surface area contributed by atoms with Crippen LogP contribution in [0.5, 0.6) is 5.75 Å². The number of rotatable bonds is 2. The molecule has 0 N–H and O–H groups in total. The average molecular weight is 355 g/mol. The summed E-state index contributed by atoms with van der Waals surface area (Å²) in [6.45, 7) is 2.12. The summed E-state index contributed by atoms with van der Waals surface area (Å²) in [6, 6.07) is 24.6. The first-order valence-electron chi connectivity index (χ1n) is 10.0. The van der Waals surface area contributed by atoms with Crippen molar-refractivity contribution in [2.24, 2.45) is 0 Å². The summed E-state index contributed by atoms with van der Waals surface area (Å²) in [5.74, 6) is 1.05. The van der Waals surface area contributed by atoms with Crippen molar-refractivity contribution in [3.05, 3.63) is 90.0 Å². The van der Waals surface area contributed by atoms with Crippen molar-refractivity contribution in [3.8, 4) is 5.75 Å². The molecule has 2 aliphatic heterocycles. The lowest BCUT2D eigenvalue weighted by Gasteiger charge is -2.49. The first-order valence-corrected chi connectivity index (χ1v) is 10.0.